The van der Waals surface area contributed by atoms with Crippen LogP contribution in [0.1, 0.15) is 18.7 Å². The van der Waals surface area contributed by atoms with E-state index in [1.807, 2.05) is 5.38 Å². The first-order valence-corrected chi connectivity index (χ1v) is 6.78. The van der Waals surface area contributed by atoms with Crippen LogP contribution in [-0.2, 0) is 6.42 Å². The van der Waals surface area contributed by atoms with Crippen molar-refractivity contribution in [2.24, 2.45) is 5.92 Å². The van der Waals surface area contributed by atoms with Crippen molar-refractivity contribution in [3.63, 3.8) is 0 Å². The number of rotatable bonds is 4. The zero-order valence-corrected chi connectivity index (χ0v) is 10.2. The van der Waals surface area contributed by atoms with Crippen LogP contribution < -0.4 is 5.32 Å². The molecule has 1 unspecified atom stereocenters. The molecule has 1 fully saturated rings. The molecule has 2 aromatic rings. The Balaban J connectivity index is 1.60. The summed E-state index contributed by atoms with van der Waals surface area (Å²) in [6, 6.07) is 0. The molecule has 0 aliphatic carbocycles. The van der Waals surface area contributed by atoms with E-state index in [2.05, 4.69) is 20.4 Å². The third kappa shape index (κ3) is 2.53. The van der Waals surface area contributed by atoms with E-state index in [0.29, 0.717) is 5.82 Å². The van der Waals surface area contributed by atoms with E-state index >= 15 is 0 Å². The highest BCUT2D eigenvalue weighted by molar-refractivity contribution is 7.07. The van der Waals surface area contributed by atoms with E-state index in [1.54, 1.807) is 5.51 Å². The van der Waals surface area contributed by atoms with Crippen molar-refractivity contribution >= 4 is 11.3 Å². The first-order chi connectivity index (χ1) is 8.42. The zero-order valence-electron chi connectivity index (χ0n) is 9.43. The molecular formula is C11H14N4OS. The topological polar surface area (TPSA) is 63.8 Å². The van der Waals surface area contributed by atoms with E-state index in [1.165, 1.54) is 17.8 Å². The minimum atomic E-state index is 0.603. The average molecular weight is 250 g/mol. The number of aromatic nitrogens is 3. The second kappa shape index (κ2) is 4.93. The summed E-state index contributed by atoms with van der Waals surface area (Å²) in [5, 5.41) is 9.23. The second-order valence-electron chi connectivity index (χ2n) is 4.28. The summed E-state index contributed by atoms with van der Waals surface area (Å²) in [5.41, 5.74) is 2.57. The highest BCUT2D eigenvalue weighted by Crippen LogP contribution is 2.18. The van der Waals surface area contributed by atoms with Gasteiger partial charge in [-0.25, -0.2) is 4.98 Å². The fourth-order valence-corrected chi connectivity index (χ4v) is 2.60. The molecule has 0 radical (unpaired) electrons. The van der Waals surface area contributed by atoms with Gasteiger partial charge in [0.2, 0.25) is 11.7 Å². The molecule has 3 heterocycles. The first-order valence-electron chi connectivity index (χ1n) is 5.83. The molecule has 1 atom stereocenters. The summed E-state index contributed by atoms with van der Waals surface area (Å²) in [7, 11) is 0. The number of hydrogen-bond donors (Lipinski definition) is 1. The van der Waals surface area contributed by atoms with Gasteiger partial charge in [0.15, 0.2) is 0 Å². The molecule has 0 bridgehead atoms. The van der Waals surface area contributed by atoms with Gasteiger partial charge < -0.3 is 9.84 Å². The fraction of sp³-hybridized carbons (Fsp3) is 0.545. The van der Waals surface area contributed by atoms with Gasteiger partial charge in [-0.05, 0) is 31.8 Å². The fourth-order valence-electron chi connectivity index (χ4n) is 2.07. The Morgan fingerprint density at radius 3 is 3.29 bits per heavy atom. The second-order valence-corrected chi connectivity index (χ2v) is 5.00. The maximum Gasteiger partial charge on any atom is 0.227 e. The molecule has 1 N–H and O–H groups in total. The predicted octanol–water partition coefficient (Wildman–Crippen LogP) is 1.74. The minimum absolute atomic E-state index is 0.603. The summed E-state index contributed by atoms with van der Waals surface area (Å²) in [6.45, 7) is 2.26. The number of thiazole rings is 1. The largest absolute Gasteiger partial charge is 0.339 e. The van der Waals surface area contributed by atoms with Crippen LogP contribution in [0.5, 0.6) is 0 Å². The van der Waals surface area contributed by atoms with Gasteiger partial charge in [-0.3, -0.25) is 0 Å². The summed E-state index contributed by atoms with van der Waals surface area (Å²) < 4.78 is 5.23. The van der Waals surface area contributed by atoms with Crippen LogP contribution >= 0.6 is 11.3 Å². The highest BCUT2D eigenvalue weighted by atomic mass is 32.1. The van der Waals surface area contributed by atoms with Crippen molar-refractivity contribution in [2.45, 2.75) is 19.3 Å². The molecule has 0 spiro atoms. The Hall–Kier alpha value is -1.27. The van der Waals surface area contributed by atoms with Gasteiger partial charge >= 0.3 is 0 Å². The molecular weight excluding hydrogens is 236 g/mol. The Kier molecular flexibility index (Phi) is 3.15. The molecule has 0 amide bonds. The van der Waals surface area contributed by atoms with Gasteiger partial charge in [-0.2, -0.15) is 4.98 Å². The Labute approximate surface area is 103 Å². The van der Waals surface area contributed by atoms with Crippen molar-refractivity contribution < 1.29 is 4.52 Å². The predicted molar refractivity (Wildman–Crippen MR) is 64.7 cm³/mol. The lowest BCUT2D eigenvalue weighted by Crippen LogP contribution is -2.09. The molecule has 90 valence electrons. The SMILES string of the molecule is c1nc(-c2noc(CCC3CCNC3)n2)cs1. The van der Waals surface area contributed by atoms with Gasteiger partial charge in [-0.15, -0.1) is 11.3 Å². The van der Waals surface area contributed by atoms with Gasteiger partial charge in [0.05, 0.1) is 5.51 Å². The number of nitrogens with zero attached hydrogens (tertiary/aromatic N) is 3. The lowest BCUT2D eigenvalue weighted by atomic mass is 10.0. The normalized spacial score (nSPS) is 19.9. The molecule has 1 aliphatic rings. The van der Waals surface area contributed by atoms with Crippen molar-refractivity contribution in [1.82, 2.24) is 20.4 Å². The van der Waals surface area contributed by atoms with Crippen LogP contribution in [0.15, 0.2) is 15.4 Å². The van der Waals surface area contributed by atoms with Crippen molar-refractivity contribution in [3.8, 4) is 11.5 Å². The van der Waals surface area contributed by atoms with E-state index < -0.39 is 0 Å². The number of nitrogens with one attached hydrogen (secondary N) is 1. The van der Waals surface area contributed by atoms with Gasteiger partial charge in [0, 0.05) is 11.8 Å². The molecule has 5 nitrogen and oxygen atoms in total. The summed E-state index contributed by atoms with van der Waals surface area (Å²) in [6.07, 6.45) is 3.24. The molecule has 3 rings (SSSR count). The minimum Gasteiger partial charge on any atom is -0.339 e. The molecule has 1 saturated heterocycles. The third-order valence-electron chi connectivity index (χ3n) is 3.06. The lowest BCUT2D eigenvalue weighted by molar-refractivity contribution is 0.365. The average Bonchev–Trinajstić information content (AvgIpc) is 3.09. The maximum absolute atomic E-state index is 5.23. The van der Waals surface area contributed by atoms with E-state index in [0.717, 1.165) is 43.4 Å². The highest BCUT2D eigenvalue weighted by Gasteiger charge is 2.16. The van der Waals surface area contributed by atoms with Gasteiger partial charge in [0.1, 0.15) is 5.69 Å². The van der Waals surface area contributed by atoms with Gasteiger partial charge in [-0.1, -0.05) is 5.16 Å². The number of aryl methyl sites for hydroxylation is 1. The molecule has 0 aromatic carbocycles. The van der Waals surface area contributed by atoms with Crippen LogP contribution in [0.4, 0.5) is 0 Å². The quantitative estimate of drug-likeness (QED) is 0.895. The zero-order chi connectivity index (χ0) is 11.5. The van der Waals surface area contributed by atoms with Crippen LogP contribution in [0.2, 0.25) is 0 Å². The van der Waals surface area contributed by atoms with E-state index in [-0.39, 0.29) is 0 Å². The van der Waals surface area contributed by atoms with Crippen molar-refractivity contribution in [3.05, 3.63) is 16.8 Å². The van der Waals surface area contributed by atoms with Crippen molar-refractivity contribution in [2.75, 3.05) is 13.1 Å². The monoisotopic (exact) mass is 250 g/mol. The Morgan fingerprint density at radius 1 is 1.53 bits per heavy atom. The molecule has 1 aliphatic heterocycles. The standard InChI is InChI=1S/C11H14N4OS/c1(8-3-4-12-5-8)2-10-14-11(15-16-10)9-6-17-7-13-9/h6-8,12H,1-5H2. The van der Waals surface area contributed by atoms with Crippen LogP contribution in [-0.4, -0.2) is 28.2 Å². The summed E-state index contributed by atoms with van der Waals surface area (Å²) in [4.78, 5) is 8.52. The first kappa shape index (κ1) is 10.9. The van der Waals surface area contributed by atoms with Crippen LogP contribution in [0.25, 0.3) is 11.5 Å². The maximum atomic E-state index is 5.23. The summed E-state index contributed by atoms with van der Waals surface area (Å²) in [5.74, 6) is 2.08. The van der Waals surface area contributed by atoms with E-state index in [4.69, 9.17) is 4.52 Å². The molecule has 0 saturated carbocycles. The molecule has 6 heteroatoms. The van der Waals surface area contributed by atoms with Crippen molar-refractivity contribution in [1.29, 1.82) is 0 Å². The van der Waals surface area contributed by atoms with Crippen LogP contribution in [0, 0.1) is 5.92 Å². The lowest BCUT2D eigenvalue weighted by Gasteiger charge is -2.03. The Bertz CT molecular complexity index is 462. The molecule has 17 heavy (non-hydrogen) atoms. The number of hydrogen-bond acceptors (Lipinski definition) is 6. The third-order valence-corrected chi connectivity index (χ3v) is 3.64. The van der Waals surface area contributed by atoms with Gasteiger partial charge in [0.25, 0.3) is 0 Å². The van der Waals surface area contributed by atoms with Crippen LogP contribution in [0.3, 0.4) is 0 Å². The summed E-state index contributed by atoms with van der Waals surface area (Å²) >= 11 is 1.54. The van der Waals surface area contributed by atoms with E-state index in [9.17, 15) is 0 Å². The molecule has 2 aromatic heterocycles. The Morgan fingerprint density at radius 2 is 2.53 bits per heavy atom. The smallest absolute Gasteiger partial charge is 0.227 e.